The number of thiazole rings is 1. The van der Waals surface area contributed by atoms with E-state index in [1.807, 2.05) is 11.6 Å². The molecule has 106 valence electrons. The van der Waals surface area contributed by atoms with Gasteiger partial charge in [0.25, 0.3) is 0 Å². The summed E-state index contributed by atoms with van der Waals surface area (Å²) in [6.45, 7) is 3.51. The van der Waals surface area contributed by atoms with Crippen LogP contribution < -0.4 is 20.3 Å². The van der Waals surface area contributed by atoms with E-state index < -0.39 is 0 Å². The van der Waals surface area contributed by atoms with E-state index >= 15 is 0 Å². The standard InChI is InChI=1S/C12H16N6OS/c1-19-9-10(13)15-8-16-11(9)17-3-5-18(6-4-17)12-14-2-7-20-12/h2,7-8H,3-6H2,1H3,(H2,13,15,16). The van der Waals surface area contributed by atoms with E-state index in [2.05, 4.69) is 24.8 Å². The molecule has 0 aliphatic carbocycles. The van der Waals surface area contributed by atoms with E-state index in [1.165, 1.54) is 6.33 Å². The first kappa shape index (κ1) is 12.9. The minimum atomic E-state index is 0.375. The van der Waals surface area contributed by atoms with Crippen LogP contribution in [0.5, 0.6) is 5.75 Å². The summed E-state index contributed by atoms with van der Waals surface area (Å²) in [5.74, 6) is 1.69. The summed E-state index contributed by atoms with van der Waals surface area (Å²) in [6, 6.07) is 0. The second kappa shape index (κ2) is 5.49. The fourth-order valence-corrected chi connectivity index (χ4v) is 2.98. The Bertz CT molecular complexity index is 567. The molecule has 3 rings (SSSR count). The molecule has 8 heteroatoms. The highest BCUT2D eigenvalue weighted by Crippen LogP contribution is 2.31. The van der Waals surface area contributed by atoms with Crippen LogP contribution in [0.1, 0.15) is 0 Å². The number of aromatic nitrogens is 3. The molecule has 2 aromatic rings. The van der Waals surface area contributed by atoms with Crippen LogP contribution >= 0.6 is 11.3 Å². The largest absolute Gasteiger partial charge is 0.490 e. The number of methoxy groups -OCH3 is 1. The highest BCUT2D eigenvalue weighted by molar-refractivity contribution is 7.13. The monoisotopic (exact) mass is 292 g/mol. The first-order chi connectivity index (χ1) is 9.79. The van der Waals surface area contributed by atoms with Crippen molar-refractivity contribution in [1.29, 1.82) is 0 Å². The molecule has 0 amide bonds. The molecular weight excluding hydrogens is 276 g/mol. The Hall–Kier alpha value is -2.09. The number of ether oxygens (including phenoxy) is 1. The van der Waals surface area contributed by atoms with Gasteiger partial charge in [0.05, 0.1) is 7.11 Å². The van der Waals surface area contributed by atoms with Gasteiger partial charge in [0.2, 0.25) is 5.75 Å². The van der Waals surface area contributed by atoms with E-state index in [0.717, 1.165) is 37.1 Å². The van der Waals surface area contributed by atoms with Crippen LogP contribution in [0.3, 0.4) is 0 Å². The lowest BCUT2D eigenvalue weighted by Gasteiger charge is -2.35. The SMILES string of the molecule is COc1c(N)ncnc1N1CCN(c2nccs2)CC1. The quantitative estimate of drug-likeness (QED) is 0.898. The van der Waals surface area contributed by atoms with Crippen LogP contribution in [-0.2, 0) is 0 Å². The molecular formula is C12H16N6OS. The van der Waals surface area contributed by atoms with E-state index in [0.29, 0.717) is 11.6 Å². The maximum absolute atomic E-state index is 5.82. The normalized spacial score (nSPS) is 15.4. The summed E-state index contributed by atoms with van der Waals surface area (Å²) in [4.78, 5) is 17.0. The molecule has 2 aromatic heterocycles. The average molecular weight is 292 g/mol. The zero-order valence-corrected chi connectivity index (χ0v) is 12.0. The van der Waals surface area contributed by atoms with Gasteiger partial charge in [-0.15, -0.1) is 11.3 Å². The van der Waals surface area contributed by atoms with E-state index in [4.69, 9.17) is 10.5 Å². The van der Waals surface area contributed by atoms with Crippen molar-refractivity contribution in [3.8, 4) is 5.75 Å². The van der Waals surface area contributed by atoms with Gasteiger partial charge >= 0.3 is 0 Å². The molecule has 0 atom stereocenters. The lowest BCUT2D eigenvalue weighted by molar-refractivity contribution is 0.412. The van der Waals surface area contributed by atoms with E-state index in [9.17, 15) is 0 Å². The Labute approximate surface area is 121 Å². The van der Waals surface area contributed by atoms with Crippen LogP contribution in [0.2, 0.25) is 0 Å². The summed E-state index contributed by atoms with van der Waals surface area (Å²) < 4.78 is 5.31. The van der Waals surface area contributed by atoms with Gasteiger partial charge in [-0.05, 0) is 0 Å². The van der Waals surface area contributed by atoms with Gasteiger partial charge in [0, 0.05) is 37.8 Å². The van der Waals surface area contributed by atoms with Gasteiger partial charge in [-0.1, -0.05) is 0 Å². The Morgan fingerprint density at radius 1 is 1.15 bits per heavy atom. The van der Waals surface area contributed by atoms with Gasteiger partial charge in [0.1, 0.15) is 6.33 Å². The maximum Gasteiger partial charge on any atom is 0.204 e. The number of nitrogens with two attached hydrogens (primary N) is 1. The Kier molecular flexibility index (Phi) is 3.55. The topological polar surface area (TPSA) is 80.4 Å². The molecule has 1 fully saturated rings. The fraction of sp³-hybridized carbons (Fsp3) is 0.417. The second-order valence-corrected chi connectivity index (χ2v) is 5.28. The van der Waals surface area contributed by atoms with Crippen LogP contribution in [-0.4, -0.2) is 48.2 Å². The van der Waals surface area contributed by atoms with Crippen LogP contribution in [0.4, 0.5) is 16.8 Å². The molecule has 2 N–H and O–H groups in total. The predicted octanol–water partition coefficient (Wildman–Crippen LogP) is 0.850. The molecule has 1 aliphatic heterocycles. The molecule has 0 unspecified atom stereocenters. The molecule has 3 heterocycles. The minimum absolute atomic E-state index is 0.375. The highest BCUT2D eigenvalue weighted by Gasteiger charge is 2.23. The van der Waals surface area contributed by atoms with Gasteiger partial charge < -0.3 is 20.3 Å². The number of anilines is 3. The summed E-state index contributed by atoms with van der Waals surface area (Å²) in [7, 11) is 1.59. The number of rotatable bonds is 3. The van der Waals surface area contributed by atoms with Crippen LogP contribution in [0.15, 0.2) is 17.9 Å². The zero-order chi connectivity index (χ0) is 13.9. The predicted molar refractivity (Wildman–Crippen MR) is 79.5 cm³/mol. The average Bonchev–Trinajstić information content (AvgIpc) is 3.01. The van der Waals surface area contributed by atoms with Crippen molar-refractivity contribution in [2.75, 3.05) is 48.8 Å². The third kappa shape index (κ3) is 2.34. The van der Waals surface area contributed by atoms with Gasteiger partial charge in [-0.3, -0.25) is 0 Å². The van der Waals surface area contributed by atoms with Crippen molar-refractivity contribution in [1.82, 2.24) is 15.0 Å². The van der Waals surface area contributed by atoms with Gasteiger partial charge in [-0.25, -0.2) is 15.0 Å². The molecule has 20 heavy (non-hydrogen) atoms. The van der Waals surface area contributed by atoms with Gasteiger partial charge in [-0.2, -0.15) is 0 Å². The lowest BCUT2D eigenvalue weighted by atomic mass is 10.3. The molecule has 0 spiro atoms. The molecule has 1 aliphatic rings. The smallest absolute Gasteiger partial charge is 0.204 e. The second-order valence-electron chi connectivity index (χ2n) is 4.40. The van der Waals surface area contributed by atoms with Crippen molar-refractivity contribution >= 4 is 28.1 Å². The van der Waals surface area contributed by atoms with Crippen LogP contribution in [0.25, 0.3) is 0 Å². The van der Waals surface area contributed by atoms with Crippen LogP contribution in [0, 0.1) is 0 Å². The molecule has 0 radical (unpaired) electrons. The minimum Gasteiger partial charge on any atom is -0.490 e. The van der Waals surface area contributed by atoms with E-state index in [1.54, 1.807) is 18.4 Å². The number of nitrogen functional groups attached to an aromatic ring is 1. The van der Waals surface area contributed by atoms with Gasteiger partial charge in [0.15, 0.2) is 16.8 Å². The first-order valence-electron chi connectivity index (χ1n) is 6.33. The number of nitrogens with zero attached hydrogens (tertiary/aromatic N) is 5. The molecule has 1 saturated heterocycles. The number of piperazine rings is 1. The zero-order valence-electron chi connectivity index (χ0n) is 11.2. The van der Waals surface area contributed by atoms with E-state index in [-0.39, 0.29) is 0 Å². The molecule has 7 nitrogen and oxygen atoms in total. The Balaban J connectivity index is 1.74. The van der Waals surface area contributed by atoms with Crippen molar-refractivity contribution in [3.05, 3.63) is 17.9 Å². The first-order valence-corrected chi connectivity index (χ1v) is 7.21. The van der Waals surface area contributed by atoms with Crippen molar-refractivity contribution in [3.63, 3.8) is 0 Å². The maximum atomic E-state index is 5.82. The Morgan fingerprint density at radius 2 is 1.90 bits per heavy atom. The third-order valence-electron chi connectivity index (χ3n) is 3.29. The van der Waals surface area contributed by atoms with Crippen molar-refractivity contribution in [2.24, 2.45) is 0 Å². The molecule has 0 saturated carbocycles. The Morgan fingerprint density at radius 3 is 2.55 bits per heavy atom. The molecule has 0 aromatic carbocycles. The fourth-order valence-electron chi connectivity index (χ4n) is 2.28. The number of hydrogen-bond acceptors (Lipinski definition) is 8. The third-order valence-corrected chi connectivity index (χ3v) is 4.12. The molecule has 0 bridgehead atoms. The summed E-state index contributed by atoms with van der Waals surface area (Å²) >= 11 is 1.66. The number of hydrogen-bond donors (Lipinski definition) is 1. The summed E-state index contributed by atoms with van der Waals surface area (Å²) in [5.41, 5.74) is 5.82. The summed E-state index contributed by atoms with van der Waals surface area (Å²) in [6.07, 6.45) is 3.31. The van der Waals surface area contributed by atoms with Crippen molar-refractivity contribution < 1.29 is 4.74 Å². The summed E-state index contributed by atoms with van der Waals surface area (Å²) in [5, 5.41) is 3.06. The lowest BCUT2D eigenvalue weighted by Crippen LogP contribution is -2.47. The highest BCUT2D eigenvalue weighted by atomic mass is 32.1. The van der Waals surface area contributed by atoms with Crippen molar-refractivity contribution in [2.45, 2.75) is 0 Å².